The number of likely N-dealkylation sites (N-methyl/N-ethyl adjacent to an activating group) is 1. The van der Waals surface area contributed by atoms with Crippen molar-refractivity contribution in [3.05, 3.63) is 48.0 Å². The Bertz CT molecular complexity index is 1060. The highest BCUT2D eigenvalue weighted by atomic mass is 19.1. The highest BCUT2D eigenvalue weighted by molar-refractivity contribution is 5.90. The smallest absolute Gasteiger partial charge is 0.246 e. The number of aromatic nitrogens is 2. The summed E-state index contributed by atoms with van der Waals surface area (Å²) in [5, 5.41) is 6.03. The van der Waals surface area contributed by atoms with Gasteiger partial charge in [-0.3, -0.25) is 9.59 Å². The Morgan fingerprint density at radius 1 is 1.11 bits per heavy atom. The van der Waals surface area contributed by atoms with Crippen LogP contribution in [0.2, 0.25) is 0 Å². The average Bonchev–Trinajstić information content (AvgIpc) is 3.41. The van der Waals surface area contributed by atoms with Gasteiger partial charge >= 0.3 is 0 Å². The molecule has 0 bridgehead atoms. The van der Waals surface area contributed by atoms with Gasteiger partial charge in [-0.15, -0.1) is 0 Å². The summed E-state index contributed by atoms with van der Waals surface area (Å²) in [5.74, 6) is -0.0456. The lowest BCUT2D eigenvalue weighted by Crippen LogP contribution is -2.55. The molecule has 0 unspecified atom stereocenters. The van der Waals surface area contributed by atoms with Gasteiger partial charge in [0.1, 0.15) is 11.9 Å². The Balaban J connectivity index is 1.57. The van der Waals surface area contributed by atoms with Crippen molar-refractivity contribution in [2.75, 3.05) is 25.5 Å². The van der Waals surface area contributed by atoms with Crippen LogP contribution in [0.3, 0.4) is 0 Å². The predicted molar refractivity (Wildman–Crippen MR) is 137 cm³/mol. The maximum Gasteiger partial charge on any atom is 0.246 e. The van der Waals surface area contributed by atoms with Crippen molar-refractivity contribution in [3.63, 3.8) is 0 Å². The fourth-order valence-corrected chi connectivity index (χ4v) is 5.32. The summed E-state index contributed by atoms with van der Waals surface area (Å²) in [6.07, 6.45) is 8.50. The number of halogens is 1. The second kappa shape index (κ2) is 11.8. The summed E-state index contributed by atoms with van der Waals surface area (Å²) in [7, 11) is 3.47. The molecule has 2 amide bonds. The van der Waals surface area contributed by atoms with E-state index in [4.69, 9.17) is 4.98 Å². The first-order valence-electron chi connectivity index (χ1n) is 13.0. The number of benzene rings is 1. The second-order valence-electron chi connectivity index (χ2n) is 9.88. The molecule has 2 fully saturated rings. The molecule has 9 heteroatoms. The fraction of sp³-hybridized carbons (Fsp3) is 0.556. The van der Waals surface area contributed by atoms with E-state index < -0.39 is 6.04 Å². The van der Waals surface area contributed by atoms with Gasteiger partial charge in [0, 0.05) is 19.8 Å². The van der Waals surface area contributed by atoms with E-state index in [1.807, 2.05) is 11.0 Å². The van der Waals surface area contributed by atoms with Gasteiger partial charge in [-0.05, 0) is 63.8 Å². The van der Waals surface area contributed by atoms with E-state index in [1.54, 1.807) is 50.3 Å². The quantitative estimate of drug-likeness (QED) is 0.579. The summed E-state index contributed by atoms with van der Waals surface area (Å²) in [4.78, 5) is 39.3. The molecule has 2 N–H and O–H groups in total. The number of para-hydroxylation sites is 1. The zero-order valence-corrected chi connectivity index (χ0v) is 21.4. The van der Waals surface area contributed by atoms with E-state index in [0.29, 0.717) is 18.2 Å². The Kier molecular flexibility index (Phi) is 8.51. The van der Waals surface area contributed by atoms with Crippen LogP contribution in [-0.2, 0) is 9.59 Å². The van der Waals surface area contributed by atoms with Crippen molar-refractivity contribution in [2.45, 2.75) is 70.0 Å². The number of rotatable bonds is 8. The average molecular weight is 497 g/mol. The number of hydrogen-bond donors (Lipinski definition) is 2. The number of nitrogens with one attached hydrogen (secondary N) is 2. The molecule has 2 aliphatic rings. The maximum atomic E-state index is 14.4. The Morgan fingerprint density at radius 2 is 1.86 bits per heavy atom. The van der Waals surface area contributed by atoms with E-state index >= 15 is 0 Å². The van der Waals surface area contributed by atoms with Crippen molar-refractivity contribution >= 4 is 23.5 Å². The normalized spacial score (nSPS) is 20.1. The van der Waals surface area contributed by atoms with Crippen LogP contribution >= 0.6 is 0 Å². The molecule has 0 radical (unpaired) electrons. The molecule has 194 valence electrons. The highest BCUT2D eigenvalue weighted by Crippen LogP contribution is 2.35. The monoisotopic (exact) mass is 496 g/mol. The van der Waals surface area contributed by atoms with Crippen molar-refractivity contribution in [1.29, 1.82) is 0 Å². The molecule has 36 heavy (non-hydrogen) atoms. The van der Waals surface area contributed by atoms with Gasteiger partial charge in [-0.1, -0.05) is 31.4 Å². The zero-order chi connectivity index (χ0) is 25.7. The molecule has 1 saturated heterocycles. The zero-order valence-electron chi connectivity index (χ0n) is 21.4. The van der Waals surface area contributed by atoms with Gasteiger partial charge < -0.3 is 20.4 Å². The van der Waals surface area contributed by atoms with Crippen LogP contribution in [0.4, 0.5) is 16.0 Å². The van der Waals surface area contributed by atoms with Crippen LogP contribution in [0.5, 0.6) is 0 Å². The highest BCUT2D eigenvalue weighted by Gasteiger charge is 2.39. The third-order valence-corrected chi connectivity index (χ3v) is 7.57. The molecule has 1 aliphatic carbocycles. The van der Waals surface area contributed by atoms with Crippen LogP contribution < -0.4 is 15.5 Å². The fourth-order valence-electron chi connectivity index (χ4n) is 5.32. The minimum Gasteiger partial charge on any atom is -0.343 e. The summed E-state index contributed by atoms with van der Waals surface area (Å²) in [6.45, 7) is 2.41. The Hall–Kier alpha value is -3.07. The topological polar surface area (TPSA) is 90.5 Å². The van der Waals surface area contributed by atoms with Gasteiger partial charge in [0.05, 0.1) is 23.5 Å². The van der Waals surface area contributed by atoms with Crippen molar-refractivity contribution in [3.8, 4) is 0 Å². The third-order valence-electron chi connectivity index (χ3n) is 7.57. The van der Waals surface area contributed by atoms with Crippen molar-refractivity contribution < 1.29 is 14.0 Å². The molecule has 2 heterocycles. The van der Waals surface area contributed by atoms with E-state index in [9.17, 15) is 14.0 Å². The number of hydrogen-bond acceptors (Lipinski definition) is 6. The molecular formula is C27H37FN6O2. The standard InChI is InChI=1S/C27H37FN6O2/c1-18(29-2)25(35)32-24(19-10-5-4-6-11-19)26(36)34-17-9-14-23(34)21-15-16-30-27(31-21)33(3)22-13-8-7-12-20(22)28/h7-8,12-13,15-16,18-19,23-24,29H,4-6,9-11,14,17H2,1-3H3,(H,32,35)/t18-,23-,24-/m0/s1. The van der Waals surface area contributed by atoms with Gasteiger partial charge in [0.15, 0.2) is 0 Å². The molecule has 3 atom stereocenters. The lowest BCUT2D eigenvalue weighted by molar-refractivity contribution is -0.139. The number of carbonyl (C=O) groups excluding carboxylic acids is 2. The first-order chi connectivity index (χ1) is 17.4. The number of likely N-dealkylation sites (tertiary alicyclic amines) is 1. The van der Waals surface area contributed by atoms with Gasteiger partial charge in [-0.25, -0.2) is 14.4 Å². The molecule has 1 aromatic heterocycles. The Labute approximate surface area is 212 Å². The van der Waals surface area contributed by atoms with Crippen LogP contribution in [0.25, 0.3) is 0 Å². The first kappa shape index (κ1) is 26.0. The molecule has 4 rings (SSSR count). The summed E-state index contributed by atoms with van der Waals surface area (Å²) < 4.78 is 14.4. The summed E-state index contributed by atoms with van der Waals surface area (Å²) >= 11 is 0. The molecule has 1 aliphatic heterocycles. The van der Waals surface area contributed by atoms with Crippen molar-refractivity contribution in [2.24, 2.45) is 5.92 Å². The van der Waals surface area contributed by atoms with Crippen LogP contribution in [-0.4, -0.2) is 59.4 Å². The predicted octanol–water partition coefficient (Wildman–Crippen LogP) is 3.72. The van der Waals surface area contributed by atoms with Crippen molar-refractivity contribution in [1.82, 2.24) is 25.5 Å². The maximum absolute atomic E-state index is 14.4. The van der Waals surface area contributed by atoms with E-state index in [-0.39, 0.29) is 35.6 Å². The Morgan fingerprint density at radius 3 is 2.58 bits per heavy atom. The van der Waals surface area contributed by atoms with E-state index in [1.165, 1.54) is 12.5 Å². The van der Waals surface area contributed by atoms with Crippen LogP contribution in [0.15, 0.2) is 36.5 Å². The first-order valence-corrected chi connectivity index (χ1v) is 13.0. The second-order valence-corrected chi connectivity index (χ2v) is 9.88. The molecular weight excluding hydrogens is 459 g/mol. The largest absolute Gasteiger partial charge is 0.343 e. The summed E-state index contributed by atoms with van der Waals surface area (Å²) in [5.41, 5.74) is 1.11. The van der Waals surface area contributed by atoms with E-state index in [0.717, 1.165) is 44.2 Å². The van der Waals surface area contributed by atoms with Crippen LogP contribution in [0, 0.1) is 11.7 Å². The number of nitrogens with zero attached hydrogens (tertiary/aromatic N) is 4. The van der Waals surface area contributed by atoms with Gasteiger partial charge in [-0.2, -0.15) is 0 Å². The number of anilines is 2. The van der Waals surface area contributed by atoms with Gasteiger partial charge in [0.25, 0.3) is 0 Å². The van der Waals surface area contributed by atoms with E-state index in [2.05, 4.69) is 15.6 Å². The molecule has 1 saturated carbocycles. The minimum atomic E-state index is -0.545. The molecule has 8 nitrogen and oxygen atoms in total. The third kappa shape index (κ3) is 5.67. The van der Waals surface area contributed by atoms with Crippen LogP contribution in [0.1, 0.15) is 63.6 Å². The molecule has 0 spiro atoms. The summed E-state index contributed by atoms with van der Waals surface area (Å²) in [6, 6.07) is 7.19. The lowest BCUT2D eigenvalue weighted by Gasteiger charge is -2.35. The number of carbonyl (C=O) groups is 2. The number of amides is 2. The minimum absolute atomic E-state index is 0.0383. The molecule has 2 aromatic rings. The molecule has 1 aromatic carbocycles. The lowest BCUT2D eigenvalue weighted by atomic mass is 9.83. The van der Waals surface area contributed by atoms with Gasteiger partial charge in [0.2, 0.25) is 17.8 Å². The SMILES string of the molecule is CN[C@@H](C)C(=O)N[C@H](C(=O)N1CCC[C@H]1c1ccnc(N(C)c2ccccc2F)n1)C1CCCCC1.